The van der Waals surface area contributed by atoms with E-state index in [4.69, 9.17) is 18.9 Å². The zero-order valence-electron chi connectivity index (χ0n) is 17.0. The first-order chi connectivity index (χ1) is 14.4. The van der Waals surface area contributed by atoms with Crippen molar-refractivity contribution in [3.63, 3.8) is 0 Å². The van der Waals surface area contributed by atoms with E-state index in [2.05, 4.69) is 5.32 Å². The van der Waals surface area contributed by atoms with Crippen molar-refractivity contribution in [2.45, 2.75) is 13.5 Å². The first kappa shape index (κ1) is 21.6. The fraction of sp³-hybridized carbons (Fsp3) is 0.350. The molecule has 0 spiro atoms. The Morgan fingerprint density at radius 3 is 2.50 bits per heavy atom. The van der Waals surface area contributed by atoms with Gasteiger partial charge in [-0.25, -0.2) is 8.42 Å². The van der Waals surface area contributed by atoms with Gasteiger partial charge in [0.2, 0.25) is 22.7 Å². The highest BCUT2D eigenvalue weighted by Crippen LogP contribution is 2.36. The van der Waals surface area contributed by atoms with E-state index in [0.717, 1.165) is 9.87 Å². The van der Waals surface area contributed by atoms with Gasteiger partial charge in [0.1, 0.15) is 6.54 Å². The largest absolute Gasteiger partial charge is 0.493 e. The smallest absolute Gasteiger partial charge is 0.241 e. The third-order valence-corrected chi connectivity index (χ3v) is 6.31. The number of hydrogen-bond acceptors (Lipinski definition) is 7. The third kappa shape index (κ3) is 4.70. The normalized spacial score (nSPS) is 12.4. The van der Waals surface area contributed by atoms with Crippen molar-refractivity contribution in [1.82, 2.24) is 5.32 Å². The van der Waals surface area contributed by atoms with Gasteiger partial charge >= 0.3 is 0 Å². The fourth-order valence-electron chi connectivity index (χ4n) is 2.92. The second-order valence-corrected chi connectivity index (χ2v) is 8.59. The van der Waals surface area contributed by atoms with E-state index in [0.29, 0.717) is 28.7 Å². The molecule has 162 valence electrons. The number of nitrogens with one attached hydrogen (secondary N) is 1. The number of ether oxygens (including phenoxy) is 4. The minimum Gasteiger partial charge on any atom is -0.493 e. The molecule has 0 aliphatic carbocycles. The maximum Gasteiger partial charge on any atom is 0.241 e. The first-order valence-corrected chi connectivity index (χ1v) is 10.9. The monoisotopic (exact) mass is 436 g/mol. The molecular weight excluding hydrogens is 412 g/mol. The molecule has 0 radical (unpaired) electrons. The van der Waals surface area contributed by atoms with E-state index in [1.54, 1.807) is 36.4 Å². The average molecular weight is 436 g/mol. The molecule has 10 heteroatoms. The molecule has 2 aromatic rings. The van der Waals surface area contributed by atoms with Crippen LogP contribution >= 0.6 is 0 Å². The summed E-state index contributed by atoms with van der Waals surface area (Å²) >= 11 is 0. The van der Waals surface area contributed by atoms with Gasteiger partial charge in [-0.15, -0.1) is 0 Å². The van der Waals surface area contributed by atoms with Crippen LogP contribution in [0.1, 0.15) is 12.5 Å². The minimum atomic E-state index is -3.69. The van der Waals surface area contributed by atoms with Gasteiger partial charge < -0.3 is 24.3 Å². The molecule has 1 amide bonds. The van der Waals surface area contributed by atoms with E-state index in [9.17, 15) is 13.2 Å². The Kier molecular flexibility index (Phi) is 6.56. The van der Waals surface area contributed by atoms with Crippen molar-refractivity contribution in [2.24, 2.45) is 0 Å². The highest BCUT2D eigenvalue weighted by Gasteiger charge is 2.25. The maximum atomic E-state index is 12.6. The topological polar surface area (TPSA) is 103 Å². The lowest BCUT2D eigenvalue weighted by atomic mass is 10.2. The lowest BCUT2D eigenvalue weighted by Gasteiger charge is -2.23. The van der Waals surface area contributed by atoms with E-state index < -0.39 is 15.9 Å². The Morgan fingerprint density at radius 1 is 1.07 bits per heavy atom. The lowest BCUT2D eigenvalue weighted by Crippen LogP contribution is -2.41. The van der Waals surface area contributed by atoms with Gasteiger partial charge in [-0.05, 0) is 36.8 Å². The van der Waals surface area contributed by atoms with Crippen molar-refractivity contribution < 1.29 is 32.2 Å². The molecule has 0 unspecified atom stereocenters. The molecule has 0 bridgehead atoms. The van der Waals surface area contributed by atoms with Crippen LogP contribution in [0, 0.1) is 0 Å². The van der Waals surface area contributed by atoms with Crippen LogP contribution in [0.2, 0.25) is 0 Å². The van der Waals surface area contributed by atoms with Gasteiger partial charge in [0, 0.05) is 12.6 Å². The fourth-order valence-corrected chi connectivity index (χ4v) is 3.98. The number of amides is 1. The molecule has 1 aliphatic heterocycles. The summed E-state index contributed by atoms with van der Waals surface area (Å²) in [5.74, 6) is 1.50. The Labute approximate surface area is 175 Å². The summed E-state index contributed by atoms with van der Waals surface area (Å²) in [6.07, 6.45) is 0. The molecular formula is C20H24N2O7S. The molecule has 0 saturated carbocycles. The van der Waals surface area contributed by atoms with Crippen LogP contribution in [0.5, 0.6) is 23.0 Å². The summed E-state index contributed by atoms with van der Waals surface area (Å²) < 4.78 is 47.3. The zero-order valence-corrected chi connectivity index (χ0v) is 17.8. The molecule has 0 atom stereocenters. The predicted molar refractivity (Wildman–Crippen MR) is 111 cm³/mol. The van der Waals surface area contributed by atoms with Crippen LogP contribution in [0.25, 0.3) is 0 Å². The summed E-state index contributed by atoms with van der Waals surface area (Å²) in [6, 6.07) is 10.0. The van der Waals surface area contributed by atoms with E-state index in [1.807, 2.05) is 0 Å². The van der Waals surface area contributed by atoms with Crippen LogP contribution in [-0.4, -0.2) is 47.6 Å². The molecule has 0 aromatic heterocycles. The summed E-state index contributed by atoms with van der Waals surface area (Å²) in [4.78, 5) is 12.5. The van der Waals surface area contributed by atoms with E-state index in [1.165, 1.54) is 21.1 Å². The summed E-state index contributed by atoms with van der Waals surface area (Å²) in [5, 5.41) is 2.74. The van der Waals surface area contributed by atoms with Crippen molar-refractivity contribution in [3.05, 3.63) is 42.0 Å². The summed E-state index contributed by atoms with van der Waals surface area (Å²) in [5.41, 5.74) is 1.12. The zero-order chi connectivity index (χ0) is 21.7. The van der Waals surface area contributed by atoms with E-state index in [-0.39, 0.29) is 25.6 Å². The summed E-state index contributed by atoms with van der Waals surface area (Å²) in [6.45, 7) is 1.45. The molecule has 1 N–H and O–H groups in total. The standard InChI is InChI=1S/C20H24N2O7S/c1-4-30(24,25)22(15-6-8-17-19(10-15)29-13-28-17)12-20(23)21-11-14-5-7-16(26-2)18(9-14)27-3/h5-10H,4,11-13H2,1-3H3,(H,21,23). The number of hydrogen-bond donors (Lipinski definition) is 1. The van der Waals surface area contributed by atoms with Gasteiger partial charge in [0.15, 0.2) is 23.0 Å². The lowest BCUT2D eigenvalue weighted by molar-refractivity contribution is -0.119. The van der Waals surface area contributed by atoms with Crippen LogP contribution in [0.4, 0.5) is 5.69 Å². The number of benzene rings is 2. The van der Waals surface area contributed by atoms with Crippen LogP contribution in [-0.2, 0) is 21.4 Å². The number of methoxy groups -OCH3 is 2. The van der Waals surface area contributed by atoms with Gasteiger partial charge in [-0.2, -0.15) is 0 Å². The average Bonchev–Trinajstić information content (AvgIpc) is 3.23. The number of carbonyl (C=O) groups excluding carboxylic acids is 1. The molecule has 30 heavy (non-hydrogen) atoms. The highest BCUT2D eigenvalue weighted by molar-refractivity contribution is 7.92. The Bertz CT molecular complexity index is 1020. The highest BCUT2D eigenvalue weighted by atomic mass is 32.2. The van der Waals surface area contributed by atoms with Crippen LogP contribution in [0.15, 0.2) is 36.4 Å². The number of carbonyl (C=O) groups is 1. The Hall–Kier alpha value is -3.14. The van der Waals surface area contributed by atoms with Gasteiger partial charge in [0.25, 0.3) is 0 Å². The Balaban J connectivity index is 1.73. The van der Waals surface area contributed by atoms with Gasteiger partial charge in [-0.3, -0.25) is 9.10 Å². The Morgan fingerprint density at radius 2 is 1.80 bits per heavy atom. The molecule has 0 fully saturated rings. The van der Waals surface area contributed by atoms with Crippen molar-refractivity contribution in [1.29, 1.82) is 0 Å². The molecule has 1 aliphatic rings. The van der Waals surface area contributed by atoms with Crippen LogP contribution in [0.3, 0.4) is 0 Å². The minimum absolute atomic E-state index is 0.0745. The molecule has 2 aromatic carbocycles. The molecule has 0 saturated heterocycles. The van der Waals surface area contributed by atoms with Crippen LogP contribution < -0.4 is 28.6 Å². The number of fused-ring (bicyclic) bond motifs is 1. The van der Waals surface area contributed by atoms with Gasteiger partial charge in [0.05, 0.1) is 25.7 Å². The van der Waals surface area contributed by atoms with Crippen molar-refractivity contribution >= 4 is 21.6 Å². The predicted octanol–water partition coefficient (Wildman–Crippen LogP) is 1.90. The van der Waals surface area contributed by atoms with E-state index >= 15 is 0 Å². The van der Waals surface area contributed by atoms with Crippen molar-refractivity contribution in [2.75, 3.05) is 37.6 Å². The third-order valence-electron chi connectivity index (χ3n) is 4.57. The second kappa shape index (κ2) is 9.12. The van der Waals surface area contributed by atoms with Gasteiger partial charge in [-0.1, -0.05) is 6.07 Å². The number of anilines is 1. The molecule has 1 heterocycles. The number of rotatable bonds is 9. The number of nitrogens with zero attached hydrogens (tertiary/aromatic N) is 1. The second-order valence-electron chi connectivity index (χ2n) is 6.41. The summed E-state index contributed by atoms with van der Waals surface area (Å²) in [7, 11) is -0.622. The number of sulfonamides is 1. The molecule has 9 nitrogen and oxygen atoms in total. The molecule has 3 rings (SSSR count). The first-order valence-electron chi connectivity index (χ1n) is 9.25. The van der Waals surface area contributed by atoms with Crippen molar-refractivity contribution in [3.8, 4) is 23.0 Å². The SMILES string of the molecule is CCS(=O)(=O)N(CC(=O)NCc1ccc(OC)c(OC)c1)c1ccc2c(c1)OCO2. The maximum absolute atomic E-state index is 12.6. The quantitative estimate of drug-likeness (QED) is 0.640.